The van der Waals surface area contributed by atoms with Gasteiger partial charge < -0.3 is 5.11 Å². The van der Waals surface area contributed by atoms with Crippen LogP contribution in [-0.4, -0.2) is 5.11 Å². The van der Waals surface area contributed by atoms with Crippen molar-refractivity contribution in [3.63, 3.8) is 0 Å². The molecule has 0 saturated heterocycles. The lowest BCUT2D eigenvalue weighted by Crippen LogP contribution is -2.18. The second kappa shape index (κ2) is 2.30. The highest BCUT2D eigenvalue weighted by molar-refractivity contribution is 5.05. The maximum Gasteiger partial charge on any atom is 0.0890 e. The molecule has 0 fully saturated rings. The number of hydrogen-bond acceptors (Lipinski definition) is 1. The second-order valence-corrected chi connectivity index (χ2v) is 4.14. The predicted molar refractivity (Wildman–Crippen MR) is 42.9 cm³/mol. The molecule has 0 aromatic rings. The van der Waals surface area contributed by atoms with Crippen LogP contribution in [0.5, 0.6) is 0 Å². The number of hydrogen-bond donors (Lipinski definition) is 1. The van der Waals surface area contributed by atoms with Gasteiger partial charge in [-0.15, -0.1) is 0 Å². The zero-order chi connectivity index (χ0) is 7.78. The van der Waals surface area contributed by atoms with Crippen molar-refractivity contribution in [1.82, 2.24) is 0 Å². The monoisotopic (exact) mass is 140 g/mol. The minimum atomic E-state index is 0.210. The summed E-state index contributed by atoms with van der Waals surface area (Å²) in [7, 11) is 0. The summed E-state index contributed by atoms with van der Waals surface area (Å²) in [5, 5.41) is 9.28. The minimum absolute atomic E-state index is 0.210. The Hall–Kier alpha value is -0.460. The summed E-state index contributed by atoms with van der Waals surface area (Å²) in [6.45, 7) is 6.52. The summed E-state index contributed by atoms with van der Waals surface area (Å²) >= 11 is 0. The van der Waals surface area contributed by atoms with Crippen LogP contribution in [0.3, 0.4) is 0 Å². The molecular weight excluding hydrogens is 124 g/mol. The Morgan fingerprint density at radius 2 is 2.20 bits per heavy atom. The molecule has 1 rings (SSSR count). The Balaban J connectivity index is 2.74. The summed E-state index contributed by atoms with van der Waals surface area (Å²) < 4.78 is 0. The van der Waals surface area contributed by atoms with E-state index < -0.39 is 0 Å². The van der Waals surface area contributed by atoms with Gasteiger partial charge in [-0.1, -0.05) is 20.8 Å². The third-order valence-electron chi connectivity index (χ3n) is 1.99. The third-order valence-corrected chi connectivity index (χ3v) is 1.99. The smallest absolute Gasteiger partial charge is 0.0890 e. The molecule has 1 aliphatic rings. The van der Waals surface area contributed by atoms with Crippen LogP contribution in [-0.2, 0) is 0 Å². The van der Waals surface area contributed by atoms with Gasteiger partial charge in [-0.25, -0.2) is 0 Å². The van der Waals surface area contributed by atoms with E-state index in [1.54, 1.807) is 0 Å². The van der Waals surface area contributed by atoms with Crippen molar-refractivity contribution < 1.29 is 5.11 Å². The number of rotatable bonds is 0. The summed E-state index contributed by atoms with van der Waals surface area (Å²) in [5.41, 5.74) is 0.210. The van der Waals surface area contributed by atoms with Crippen LogP contribution in [0.25, 0.3) is 0 Å². The van der Waals surface area contributed by atoms with Gasteiger partial charge in [0.05, 0.1) is 5.76 Å². The first-order valence-corrected chi connectivity index (χ1v) is 3.90. The number of allylic oxidation sites excluding steroid dienone is 2. The molecule has 0 aromatic heterocycles. The molecule has 1 unspecified atom stereocenters. The molecule has 0 bridgehead atoms. The van der Waals surface area contributed by atoms with Gasteiger partial charge in [0.2, 0.25) is 0 Å². The molecule has 0 aromatic carbocycles. The molecular formula is C9H16O. The maximum absolute atomic E-state index is 9.28. The lowest BCUT2D eigenvalue weighted by Gasteiger charge is -2.29. The highest BCUT2D eigenvalue weighted by Gasteiger charge is 2.24. The van der Waals surface area contributed by atoms with Crippen LogP contribution in [0.4, 0.5) is 0 Å². The Morgan fingerprint density at radius 3 is 2.60 bits per heavy atom. The molecule has 0 radical (unpaired) electrons. The minimum Gasteiger partial charge on any atom is -0.513 e. The Morgan fingerprint density at radius 1 is 1.60 bits per heavy atom. The maximum atomic E-state index is 9.28. The molecule has 58 valence electrons. The third kappa shape index (κ3) is 1.76. The molecule has 0 saturated carbocycles. The van der Waals surface area contributed by atoms with Crippen molar-refractivity contribution in [3.05, 3.63) is 11.8 Å². The Kier molecular flexibility index (Phi) is 1.76. The quantitative estimate of drug-likeness (QED) is 0.548. The SMILES string of the molecule is CC1CC(O)=CC(C)(C)C1. The van der Waals surface area contributed by atoms with Crippen molar-refractivity contribution >= 4 is 0 Å². The normalized spacial score (nSPS) is 31.5. The molecule has 0 heterocycles. The van der Waals surface area contributed by atoms with Crippen molar-refractivity contribution in [2.45, 2.75) is 33.6 Å². The second-order valence-electron chi connectivity index (χ2n) is 4.14. The van der Waals surface area contributed by atoms with E-state index in [2.05, 4.69) is 20.8 Å². The lowest BCUT2D eigenvalue weighted by molar-refractivity contribution is 0.256. The van der Waals surface area contributed by atoms with Crippen molar-refractivity contribution in [2.24, 2.45) is 11.3 Å². The zero-order valence-corrected chi connectivity index (χ0v) is 7.02. The first kappa shape index (κ1) is 7.64. The van der Waals surface area contributed by atoms with Crippen LogP contribution in [0.2, 0.25) is 0 Å². The van der Waals surface area contributed by atoms with Crippen LogP contribution in [0, 0.1) is 11.3 Å². The summed E-state index contributed by atoms with van der Waals surface area (Å²) in [6, 6.07) is 0. The highest BCUT2D eigenvalue weighted by atomic mass is 16.3. The standard InChI is InChI=1S/C9H16O/c1-7-4-8(10)6-9(2,3)5-7/h6-7,10H,4-5H2,1-3H3. The van der Waals surface area contributed by atoms with E-state index in [1.807, 2.05) is 6.08 Å². The molecule has 1 atom stereocenters. The number of aliphatic hydroxyl groups excluding tert-OH is 1. The highest BCUT2D eigenvalue weighted by Crippen LogP contribution is 2.35. The topological polar surface area (TPSA) is 20.2 Å². The molecule has 10 heavy (non-hydrogen) atoms. The van der Waals surface area contributed by atoms with Gasteiger partial charge in [-0.3, -0.25) is 0 Å². The van der Waals surface area contributed by atoms with Gasteiger partial charge in [0, 0.05) is 6.42 Å². The summed E-state index contributed by atoms with van der Waals surface area (Å²) in [5.74, 6) is 1.21. The van der Waals surface area contributed by atoms with E-state index in [4.69, 9.17) is 0 Å². The van der Waals surface area contributed by atoms with Gasteiger partial charge in [-0.05, 0) is 23.8 Å². The van der Waals surface area contributed by atoms with E-state index in [9.17, 15) is 5.11 Å². The first-order valence-electron chi connectivity index (χ1n) is 3.90. The van der Waals surface area contributed by atoms with E-state index >= 15 is 0 Å². The van der Waals surface area contributed by atoms with E-state index in [-0.39, 0.29) is 5.41 Å². The average Bonchev–Trinajstić information content (AvgIpc) is 1.54. The average molecular weight is 140 g/mol. The molecule has 0 spiro atoms. The van der Waals surface area contributed by atoms with E-state index in [0.29, 0.717) is 11.7 Å². The van der Waals surface area contributed by atoms with Crippen molar-refractivity contribution in [3.8, 4) is 0 Å². The summed E-state index contributed by atoms with van der Waals surface area (Å²) in [6.07, 6.45) is 4.04. The van der Waals surface area contributed by atoms with E-state index in [0.717, 1.165) is 6.42 Å². The lowest BCUT2D eigenvalue weighted by atomic mass is 9.77. The summed E-state index contributed by atoms with van der Waals surface area (Å²) in [4.78, 5) is 0. The van der Waals surface area contributed by atoms with Gasteiger partial charge in [-0.2, -0.15) is 0 Å². The fourth-order valence-electron chi connectivity index (χ4n) is 1.90. The largest absolute Gasteiger partial charge is 0.513 e. The van der Waals surface area contributed by atoms with Crippen LogP contribution >= 0.6 is 0 Å². The molecule has 1 aliphatic carbocycles. The van der Waals surface area contributed by atoms with Crippen LogP contribution in [0.1, 0.15) is 33.6 Å². The fourth-order valence-corrected chi connectivity index (χ4v) is 1.90. The first-order chi connectivity index (χ1) is 4.49. The molecule has 1 N–H and O–H groups in total. The van der Waals surface area contributed by atoms with Crippen molar-refractivity contribution in [2.75, 3.05) is 0 Å². The molecule has 0 aliphatic heterocycles. The molecule has 1 nitrogen and oxygen atoms in total. The predicted octanol–water partition coefficient (Wildman–Crippen LogP) is 2.88. The zero-order valence-electron chi connectivity index (χ0n) is 7.02. The Labute approximate surface area is 62.8 Å². The van der Waals surface area contributed by atoms with Gasteiger partial charge in [0.1, 0.15) is 0 Å². The Bertz CT molecular complexity index is 156. The van der Waals surface area contributed by atoms with Gasteiger partial charge >= 0.3 is 0 Å². The molecule has 0 amide bonds. The van der Waals surface area contributed by atoms with Crippen LogP contribution < -0.4 is 0 Å². The van der Waals surface area contributed by atoms with Crippen molar-refractivity contribution in [1.29, 1.82) is 0 Å². The fraction of sp³-hybridized carbons (Fsp3) is 0.778. The van der Waals surface area contributed by atoms with E-state index in [1.165, 1.54) is 6.42 Å². The molecule has 1 heteroatoms. The van der Waals surface area contributed by atoms with Gasteiger partial charge in [0.15, 0.2) is 0 Å². The van der Waals surface area contributed by atoms with Gasteiger partial charge in [0.25, 0.3) is 0 Å². The van der Waals surface area contributed by atoms with Crippen LogP contribution in [0.15, 0.2) is 11.8 Å². The number of aliphatic hydroxyl groups is 1.